The Bertz CT molecular complexity index is 576. The summed E-state index contributed by atoms with van der Waals surface area (Å²) >= 11 is 1.72. The van der Waals surface area contributed by atoms with Gasteiger partial charge in [0.05, 0.1) is 11.8 Å². The van der Waals surface area contributed by atoms with Gasteiger partial charge in [-0.1, -0.05) is 41.7 Å². The molecule has 5 heteroatoms. The first kappa shape index (κ1) is 14.5. The van der Waals surface area contributed by atoms with Crippen molar-refractivity contribution in [2.24, 2.45) is 5.73 Å². The summed E-state index contributed by atoms with van der Waals surface area (Å²) in [6.45, 7) is 2.55. The minimum Gasteiger partial charge on any atom is -0.381 e. The van der Waals surface area contributed by atoms with Crippen LogP contribution in [-0.4, -0.2) is 31.3 Å². The molecule has 0 spiro atoms. The smallest absolute Gasteiger partial charge is 0.186 e. The molecule has 1 aromatic heterocycles. The van der Waals surface area contributed by atoms with Gasteiger partial charge in [0.2, 0.25) is 0 Å². The van der Waals surface area contributed by atoms with Crippen LogP contribution in [0.4, 0.5) is 5.13 Å². The second kappa shape index (κ2) is 6.56. The molecule has 1 saturated heterocycles. The number of benzene rings is 1. The molecule has 0 amide bonds. The first-order valence-electron chi connectivity index (χ1n) is 7.34. The molecule has 0 bridgehead atoms. The number of piperidine rings is 1. The summed E-state index contributed by atoms with van der Waals surface area (Å²) in [6.07, 6.45) is 2.52. The summed E-state index contributed by atoms with van der Waals surface area (Å²) in [4.78, 5) is 8.36. The molecule has 0 radical (unpaired) electrons. The van der Waals surface area contributed by atoms with E-state index in [-0.39, 0.29) is 0 Å². The Balaban J connectivity index is 1.83. The molecule has 21 heavy (non-hydrogen) atoms. The molecule has 112 valence electrons. The molecule has 1 aliphatic heterocycles. The van der Waals surface area contributed by atoms with Crippen molar-refractivity contribution < 1.29 is 4.74 Å². The summed E-state index contributed by atoms with van der Waals surface area (Å²) in [5.74, 6) is 0. The molecule has 2 heterocycles. The van der Waals surface area contributed by atoms with E-state index in [2.05, 4.69) is 17.0 Å². The van der Waals surface area contributed by atoms with Crippen molar-refractivity contribution in [2.45, 2.75) is 25.5 Å². The van der Waals surface area contributed by atoms with Gasteiger partial charge in [0.1, 0.15) is 0 Å². The molecule has 0 atom stereocenters. The van der Waals surface area contributed by atoms with Crippen LogP contribution < -0.4 is 10.6 Å². The third-order valence-corrected chi connectivity index (χ3v) is 5.10. The van der Waals surface area contributed by atoms with Crippen LogP contribution >= 0.6 is 11.3 Å². The fourth-order valence-electron chi connectivity index (χ4n) is 2.72. The first-order valence-corrected chi connectivity index (χ1v) is 8.16. The molecule has 2 aromatic rings. The number of nitrogens with two attached hydrogens (primary N) is 1. The van der Waals surface area contributed by atoms with Crippen LogP contribution in [0.1, 0.15) is 17.7 Å². The van der Waals surface area contributed by atoms with Gasteiger partial charge < -0.3 is 15.4 Å². The summed E-state index contributed by atoms with van der Waals surface area (Å²) in [5.41, 5.74) is 8.09. The van der Waals surface area contributed by atoms with Crippen LogP contribution in [0.5, 0.6) is 0 Å². The van der Waals surface area contributed by atoms with Crippen molar-refractivity contribution >= 4 is 16.5 Å². The lowest BCUT2D eigenvalue weighted by Crippen LogP contribution is -2.36. The molecular formula is C16H21N3OS. The van der Waals surface area contributed by atoms with Gasteiger partial charge in [-0.25, -0.2) is 4.98 Å². The fraction of sp³-hybridized carbons (Fsp3) is 0.438. The predicted octanol–water partition coefficient (Wildman–Crippen LogP) is 2.88. The van der Waals surface area contributed by atoms with Gasteiger partial charge in [0.25, 0.3) is 0 Å². The van der Waals surface area contributed by atoms with E-state index < -0.39 is 0 Å². The third kappa shape index (κ3) is 3.10. The highest BCUT2D eigenvalue weighted by atomic mass is 32.1. The number of anilines is 1. The predicted molar refractivity (Wildman–Crippen MR) is 87.7 cm³/mol. The Hall–Kier alpha value is -1.43. The van der Waals surface area contributed by atoms with E-state index in [9.17, 15) is 0 Å². The molecule has 0 aliphatic carbocycles. The van der Waals surface area contributed by atoms with Crippen LogP contribution in [0.3, 0.4) is 0 Å². The normalized spacial score (nSPS) is 16.4. The van der Waals surface area contributed by atoms with Crippen molar-refractivity contribution in [3.8, 4) is 11.3 Å². The molecule has 1 fully saturated rings. The topological polar surface area (TPSA) is 51.4 Å². The fourth-order valence-corrected chi connectivity index (χ4v) is 3.73. The number of ether oxygens (including phenoxy) is 1. The Morgan fingerprint density at radius 1 is 1.29 bits per heavy atom. The van der Waals surface area contributed by atoms with E-state index in [1.54, 1.807) is 18.4 Å². The Morgan fingerprint density at radius 2 is 2.00 bits per heavy atom. The van der Waals surface area contributed by atoms with Gasteiger partial charge >= 0.3 is 0 Å². The highest BCUT2D eigenvalue weighted by Crippen LogP contribution is 2.34. The van der Waals surface area contributed by atoms with Crippen molar-refractivity contribution in [1.82, 2.24) is 4.98 Å². The average molecular weight is 303 g/mol. The summed E-state index contributed by atoms with van der Waals surface area (Å²) in [6, 6.07) is 10.3. The van der Waals surface area contributed by atoms with Gasteiger partial charge in [0, 0.05) is 37.2 Å². The number of aromatic nitrogens is 1. The monoisotopic (exact) mass is 303 g/mol. The lowest BCUT2D eigenvalue weighted by atomic mass is 10.1. The molecule has 1 aromatic carbocycles. The highest BCUT2D eigenvalue weighted by Gasteiger charge is 2.22. The number of nitrogens with zero attached hydrogens (tertiary/aromatic N) is 2. The first-order chi connectivity index (χ1) is 10.3. The molecule has 3 rings (SSSR count). The van der Waals surface area contributed by atoms with E-state index in [0.717, 1.165) is 47.2 Å². The molecule has 4 nitrogen and oxygen atoms in total. The number of thiazole rings is 1. The zero-order chi connectivity index (χ0) is 14.7. The van der Waals surface area contributed by atoms with Crippen molar-refractivity contribution in [3.05, 3.63) is 35.2 Å². The van der Waals surface area contributed by atoms with Crippen molar-refractivity contribution in [3.63, 3.8) is 0 Å². The maximum Gasteiger partial charge on any atom is 0.186 e. The van der Waals surface area contributed by atoms with E-state index in [1.165, 1.54) is 0 Å². The SMILES string of the molecule is COC1CCN(c2nc(-c3ccccc3)c(CN)s2)CC1. The van der Waals surface area contributed by atoms with E-state index in [4.69, 9.17) is 15.5 Å². The second-order valence-electron chi connectivity index (χ2n) is 5.26. The molecule has 1 aliphatic rings. The van der Waals surface area contributed by atoms with Crippen LogP contribution in [0.25, 0.3) is 11.3 Å². The highest BCUT2D eigenvalue weighted by molar-refractivity contribution is 7.16. The maximum absolute atomic E-state index is 5.91. The van der Waals surface area contributed by atoms with Crippen LogP contribution in [0, 0.1) is 0 Å². The number of methoxy groups -OCH3 is 1. The van der Waals surface area contributed by atoms with Crippen molar-refractivity contribution in [1.29, 1.82) is 0 Å². The molecule has 0 unspecified atom stereocenters. The maximum atomic E-state index is 5.91. The van der Waals surface area contributed by atoms with Gasteiger partial charge in [0.15, 0.2) is 5.13 Å². The minimum absolute atomic E-state index is 0.392. The number of hydrogen-bond donors (Lipinski definition) is 1. The Kier molecular flexibility index (Phi) is 4.53. The minimum atomic E-state index is 0.392. The standard InChI is InChI=1S/C16H21N3OS/c1-20-13-7-9-19(10-8-13)16-18-15(14(11-17)21-16)12-5-3-2-4-6-12/h2-6,13H,7-11,17H2,1H3. The van der Waals surface area contributed by atoms with E-state index >= 15 is 0 Å². The largest absolute Gasteiger partial charge is 0.381 e. The van der Waals surface area contributed by atoms with Gasteiger partial charge in [-0.3, -0.25) is 0 Å². The van der Waals surface area contributed by atoms with Crippen LogP contribution in [0.2, 0.25) is 0 Å². The lowest BCUT2D eigenvalue weighted by molar-refractivity contribution is 0.0819. The van der Waals surface area contributed by atoms with Crippen molar-refractivity contribution in [2.75, 3.05) is 25.1 Å². The van der Waals surface area contributed by atoms with Gasteiger partial charge in [-0.15, -0.1) is 0 Å². The summed E-state index contributed by atoms with van der Waals surface area (Å²) in [5, 5.41) is 1.09. The van der Waals surface area contributed by atoms with Gasteiger partial charge in [-0.2, -0.15) is 0 Å². The Labute approximate surface area is 129 Å². The molecule has 0 saturated carbocycles. The number of hydrogen-bond acceptors (Lipinski definition) is 5. The lowest BCUT2D eigenvalue weighted by Gasteiger charge is -2.30. The van der Waals surface area contributed by atoms with Crippen LogP contribution in [-0.2, 0) is 11.3 Å². The second-order valence-corrected chi connectivity index (χ2v) is 6.32. The summed E-state index contributed by atoms with van der Waals surface area (Å²) < 4.78 is 5.43. The van der Waals surface area contributed by atoms with Crippen LogP contribution in [0.15, 0.2) is 30.3 Å². The average Bonchev–Trinajstić information content (AvgIpc) is 3.00. The Morgan fingerprint density at radius 3 is 2.62 bits per heavy atom. The molecular weight excluding hydrogens is 282 g/mol. The number of rotatable bonds is 4. The van der Waals surface area contributed by atoms with E-state index in [0.29, 0.717) is 12.6 Å². The quantitative estimate of drug-likeness (QED) is 0.943. The summed E-state index contributed by atoms with van der Waals surface area (Å²) in [7, 11) is 1.80. The zero-order valence-corrected chi connectivity index (χ0v) is 13.1. The van der Waals surface area contributed by atoms with Gasteiger partial charge in [-0.05, 0) is 12.8 Å². The van der Waals surface area contributed by atoms with E-state index in [1.807, 2.05) is 18.2 Å². The third-order valence-electron chi connectivity index (χ3n) is 3.96. The zero-order valence-electron chi connectivity index (χ0n) is 12.3. The molecule has 2 N–H and O–H groups in total.